The maximum absolute atomic E-state index is 12.5. The number of nitrogens with zero attached hydrogens (tertiary/aromatic N) is 1. The monoisotopic (exact) mass is 462 g/mol. The molecule has 0 bridgehead atoms. The van der Waals surface area contributed by atoms with Gasteiger partial charge in [0.2, 0.25) is 0 Å². The minimum absolute atomic E-state index is 0.0440. The first-order chi connectivity index (χ1) is 16.5. The van der Waals surface area contributed by atoms with E-state index in [1.807, 2.05) is 31.2 Å². The molecule has 3 aromatic rings. The summed E-state index contributed by atoms with van der Waals surface area (Å²) in [4.78, 5) is 26.5. The average molecular weight is 463 g/mol. The number of aryl methyl sites for hydroxylation is 1. The van der Waals surface area contributed by atoms with E-state index in [0.717, 1.165) is 11.3 Å². The van der Waals surface area contributed by atoms with Crippen LogP contribution in [-0.4, -0.2) is 45.3 Å². The fourth-order valence-corrected chi connectivity index (χ4v) is 3.45. The van der Waals surface area contributed by atoms with Gasteiger partial charge >= 0.3 is 0 Å². The van der Waals surface area contributed by atoms with Crippen LogP contribution in [0.15, 0.2) is 66.7 Å². The second-order valence-corrected chi connectivity index (χ2v) is 7.69. The van der Waals surface area contributed by atoms with E-state index in [-0.39, 0.29) is 25.0 Å². The zero-order chi connectivity index (χ0) is 23.9. The van der Waals surface area contributed by atoms with E-state index in [1.165, 1.54) is 0 Å². The summed E-state index contributed by atoms with van der Waals surface area (Å²) in [6.45, 7) is 2.46. The Balaban J connectivity index is 1.37. The molecular formula is C26H26N2O6. The smallest absolute Gasteiger partial charge is 0.265 e. The number of nitrogens with one attached hydrogen (secondary N) is 1. The van der Waals surface area contributed by atoms with E-state index < -0.39 is 0 Å². The predicted molar refractivity (Wildman–Crippen MR) is 128 cm³/mol. The van der Waals surface area contributed by atoms with Crippen molar-refractivity contribution in [2.45, 2.75) is 6.92 Å². The van der Waals surface area contributed by atoms with E-state index >= 15 is 0 Å². The number of fused-ring (bicyclic) bond motifs is 1. The number of anilines is 2. The van der Waals surface area contributed by atoms with Crippen LogP contribution in [0.1, 0.15) is 5.56 Å². The molecule has 2 amide bonds. The highest BCUT2D eigenvalue weighted by molar-refractivity contribution is 5.99. The molecule has 8 heteroatoms. The third-order valence-electron chi connectivity index (χ3n) is 5.20. The number of ether oxygens (including phenoxy) is 4. The van der Waals surface area contributed by atoms with Gasteiger partial charge in [0.05, 0.1) is 19.3 Å². The molecule has 0 saturated heterocycles. The molecule has 0 atom stereocenters. The van der Waals surface area contributed by atoms with Crippen LogP contribution in [0, 0.1) is 6.92 Å². The molecule has 1 N–H and O–H groups in total. The summed E-state index contributed by atoms with van der Waals surface area (Å²) in [7, 11) is 1.56. The molecule has 34 heavy (non-hydrogen) atoms. The van der Waals surface area contributed by atoms with Crippen LogP contribution in [0.2, 0.25) is 0 Å². The molecule has 0 fully saturated rings. The molecule has 0 unspecified atom stereocenters. The summed E-state index contributed by atoms with van der Waals surface area (Å²) in [6, 6.07) is 19.9. The number of hydrogen-bond acceptors (Lipinski definition) is 6. The van der Waals surface area contributed by atoms with Crippen LogP contribution in [0.25, 0.3) is 0 Å². The van der Waals surface area contributed by atoms with E-state index in [1.54, 1.807) is 54.5 Å². The number of amides is 2. The summed E-state index contributed by atoms with van der Waals surface area (Å²) in [5, 5.41) is 2.79. The molecule has 0 radical (unpaired) electrons. The van der Waals surface area contributed by atoms with Crippen molar-refractivity contribution in [3.05, 3.63) is 72.3 Å². The molecule has 1 aliphatic rings. The lowest BCUT2D eigenvalue weighted by atomic mass is 10.2. The van der Waals surface area contributed by atoms with Crippen LogP contribution in [0.3, 0.4) is 0 Å². The maximum Gasteiger partial charge on any atom is 0.265 e. The van der Waals surface area contributed by atoms with Gasteiger partial charge in [-0.3, -0.25) is 9.59 Å². The van der Waals surface area contributed by atoms with E-state index in [4.69, 9.17) is 18.9 Å². The second kappa shape index (κ2) is 10.6. The van der Waals surface area contributed by atoms with E-state index in [2.05, 4.69) is 5.32 Å². The molecule has 1 aliphatic heterocycles. The second-order valence-electron chi connectivity index (χ2n) is 7.69. The predicted octanol–water partition coefficient (Wildman–Crippen LogP) is 3.83. The highest BCUT2D eigenvalue weighted by Crippen LogP contribution is 2.34. The number of benzene rings is 3. The molecule has 1 heterocycles. The average Bonchev–Trinajstić information content (AvgIpc) is 2.85. The summed E-state index contributed by atoms with van der Waals surface area (Å²) in [6.07, 6.45) is 0. The standard InChI is InChI=1S/C26H26N2O6/c1-18-6-9-20(10-7-18)32-13-12-28-23-14-19(8-11-24(23)34-17-26(28)30)27-25(29)16-33-22-5-3-4-21(15-22)31-2/h3-11,14-15H,12-13,16-17H2,1-2H3,(H,27,29). The van der Waals surface area contributed by atoms with Crippen LogP contribution in [-0.2, 0) is 9.59 Å². The first-order valence-electron chi connectivity index (χ1n) is 10.9. The van der Waals surface area contributed by atoms with Crippen molar-refractivity contribution in [2.24, 2.45) is 0 Å². The van der Waals surface area contributed by atoms with Gasteiger partial charge in [-0.15, -0.1) is 0 Å². The molecule has 0 aromatic heterocycles. The molecule has 0 aliphatic carbocycles. The van der Waals surface area contributed by atoms with Gasteiger partial charge in [0.25, 0.3) is 11.8 Å². The van der Waals surface area contributed by atoms with Crippen molar-refractivity contribution in [1.82, 2.24) is 0 Å². The zero-order valence-electron chi connectivity index (χ0n) is 19.1. The van der Waals surface area contributed by atoms with Crippen molar-refractivity contribution in [3.8, 4) is 23.0 Å². The van der Waals surface area contributed by atoms with Gasteiger partial charge in [-0.2, -0.15) is 0 Å². The third kappa shape index (κ3) is 5.78. The van der Waals surface area contributed by atoms with E-state index in [9.17, 15) is 9.59 Å². The van der Waals surface area contributed by atoms with Crippen molar-refractivity contribution in [1.29, 1.82) is 0 Å². The quantitative estimate of drug-likeness (QED) is 0.520. The number of methoxy groups -OCH3 is 1. The summed E-state index contributed by atoms with van der Waals surface area (Å²) in [5.41, 5.74) is 2.25. The Hall–Kier alpha value is -4.20. The minimum Gasteiger partial charge on any atom is -0.497 e. The van der Waals surface area contributed by atoms with Crippen molar-refractivity contribution in [3.63, 3.8) is 0 Å². The topological polar surface area (TPSA) is 86.3 Å². The molecule has 0 spiro atoms. The van der Waals surface area contributed by atoms with Gasteiger partial charge < -0.3 is 29.2 Å². The SMILES string of the molecule is COc1cccc(OCC(=O)Nc2ccc3c(c2)N(CCOc2ccc(C)cc2)C(=O)CO3)c1. The lowest BCUT2D eigenvalue weighted by Crippen LogP contribution is -2.41. The van der Waals surface area contributed by atoms with Crippen molar-refractivity contribution in [2.75, 3.05) is 43.7 Å². The van der Waals surface area contributed by atoms with Crippen molar-refractivity contribution >= 4 is 23.2 Å². The number of rotatable bonds is 9. The lowest BCUT2D eigenvalue weighted by molar-refractivity contribution is -0.121. The largest absolute Gasteiger partial charge is 0.497 e. The normalized spacial score (nSPS) is 12.4. The van der Waals surface area contributed by atoms with Gasteiger partial charge in [-0.05, 0) is 49.4 Å². The minimum atomic E-state index is -0.333. The lowest BCUT2D eigenvalue weighted by Gasteiger charge is -2.29. The molecule has 3 aromatic carbocycles. The Kier molecular flexibility index (Phi) is 7.17. The van der Waals surface area contributed by atoms with Gasteiger partial charge in [0.15, 0.2) is 13.2 Å². The van der Waals surface area contributed by atoms with Crippen molar-refractivity contribution < 1.29 is 28.5 Å². The van der Waals surface area contributed by atoms with Gasteiger partial charge in [-0.1, -0.05) is 23.8 Å². The molecule has 176 valence electrons. The summed E-state index contributed by atoms with van der Waals surface area (Å²) < 4.78 is 22.0. The Morgan fingerprint density at radius 3 is 2.59 bits per heavy atom. The van der Waals surface area contributed by atoms with Crippen LogP contribution in [0.4, 0.5) is 11.4 Å². The number of hydrogen-bond donors (Lipinski definition) is 1. The molecule has 4 rings (SSSR count). The van der Waals surface area contributed by atoms with Crippen LogP contribution in [0.5, 0.6) is 23.0 Å². The number of carbonyl (C=O) groups excluding carboxylic acids is 2. The fourth-order valence-electron chi connectivity index (χ4n) is 3.45. The van der Waals surface area contributed by atoms with Crippen LogP contribution >= 0.6 is 0 Å². The van der Waals surface area contributed by atoms with Crippen LogP contribution < -0.4 is 29.2 Å². The molecular weight excluding hydrogens is 436 g/mol. The Morgan fingerprint density at radius 2 is 1.79 bits per heavy atom. The van der Waals surface area contributed by atoms with Gasteiger partial charge in [-0.25, -0.2) is 0 Å². The Labute approximate surface area is 198 Å². The Morgan fingerprint density at radius 1 is 1.00 bits per heavy atom. The van der Waals surface area contributed by atoms with E-state index in [0.29, 0.717) is 41.8 Å². The molecule has 8 nitrogen and oxygen atoms in total. The van der Waals surface area contributed by atoms with Gasteiger partial charge in [0.1, 0.15) is 29.6 Å². The summed E-state index contributed by atoms with van der Waals surface area (Å²) in [5.74, 6) is 1.97. The summed E-state index contributed by atoms with van der Waals surface area (Å²) >= 11 is 0. The first-order valence-corrected chi connectivity index (χ1v) is 10.9. The highest BCUT2D eigenvalue weighted by atomic mass is 16.5. The highest BCUT2D eigenvalue weighted by Gasteiger charge is 2.26. The molecule has 0 saturated carbocycles. The van der Waals surface area contributed by atoms with Gasteiger partial charge in [0, 0.05) is 11.8 Å². The first kappa shape index (κ1) is 23.0. The Bertz CT molecular complexity index is 1160. The zero-order valence-corrected chi connectivity index (χ0v) is 19.1. The number of carbonyl (C=O) groups is 2. The maximum atomic E-state index is 12.5. The third-order valence-corrected chi connectivity index (χ3v) is 5.20. The fraction of sp³-hybridized carbons (Fsp3) is 0.231.